The molecule has 4 rings (SSSR count). The monoisotopic (exact) mass is 394 g/mol. The van der Waals surface area contributed by atoms with E-state index in [1.54, 1.807) is 0 Å². The number of fused-ring (bicyclic) bond motifs is 1. The minimum atomic E-state index is -4.45. The molecule has 2 heterocycles. The van der Waals surface area contributed by atoms with Gasteiger partial charge in [-0.05, 0) is 36.4 Å². The molecule has 0 fully saturated rings. The highest BCUT2D eigenvalue weighted by Gasteiger charge is 2.31. The maximum Gasteiger partial charge on any atom is 0.416 e. The third-order valence-electron chi connectivity index (χ3n) is 3.66. The molecule has 0 atom stereocenters. The van der Waals surface area contributed by atoms with Crippen LogP contribution in [0.2, 0.25) is 0 Å². The van der Waals surface area contributed by atoms with Gasteiger partial charge in [0.15, 0.2) is 10.8 Å². The molecule has 0 amide bonds. The molecular formula is C17H10F4N4OS. The van der Waals surface area contributed by atoms with Gasteiger partial charge in [-0.25, -0.2) is 4.39 Å². The van der Waals surface area contributed by atoms with Crippen molar-refractivity contribution in [2.45, 2.75) is 12.8 Å². The highest BCUT2D eigenvalue weighted by Crippen LogP contribution is 2.32. The predicted molar refractivity (Wildman–Crippen MR) is 89.8 cm³/mol. The van der Waals surface area contributed by atoms with E-state index < -0.39 is 11.7 Å². The van der Waals surface area contributed by atoms with Crippen LogP contribution in [0.4, 0.5) is 17.6 Å². The molecule has 0 spiro atoms. The lowest BCUT2D eigenvalue weighted by Crippen LogP contribution is -2.05. The van der Waals surface area contributed by atoms with E-state index in [4.69, 9.17) is 4.74 Å². The lowest BCUT2D eigenvalue weighted by atomic mass is 10.1. The zero-order valence-corrected chi connectivity index (χ0v) is 14.3. The topological polar surface area (TPSA) is 52.3 Å². The predicted octanol–water partition coefficient (Wildman–Crippen LogP) is 4.59. The van der Waals surface area contributed by atoms with Crippen molar-refractivity contribution < 1.29 is 22.3 Å². The van der Waals surface area contributed by atoms with Crippen molar-refractivity contribution in [3.63, 3.8) is 0 Å². The van der Waals surface area contributed by atoms with E-state index in [1.807, 2.05) is 0 Å². The molecule has 138 valence electrons. The minimum Gasteiger partial charge on any atom is -0.486 e. The Bertz CT molecular complexity index is 1090. The molecule has 2 aromatic heterocycles. The first kappa shape index (κ1) is 17.4. The summed E-state index contributed by atoms with van der Waals surface area (Å²) in [7, 11) is 0. The molecule has 0 bridgehead atoms. The Hall–Kier alpha value is -3.01. The van der Waals surface area contributed by atoms with Crippen LogP contribution in [0.3, 0.4) is 0 Å². The van der Waals surface area contributed by atoms with Crippen molar-refractivity contribution in [2.75, 3.05) is 0 Å². The quantitative estimate of drug-likeness (QED) is 0.475. The van der Waals surface area contributed by atoms with E-state index >= 15 is 0 Å². The van der Waals surface area contributed by atoms with Gasteiger partial charge < -0.3 is 4.74 Å². The summed E-state index contributed by atoms with van der Waals surface area (Å²) in [4.78, 5) is 0.431. The van der Waals surface area contributed by atoms with Crippen LogP contribution in [0, 0.1) is 5.82 Å². The van der Waals surface area contributed by atoms with Crippen LogP contribution in [0.15, 0.2) is 48.5 Å². The maximum atomic E-state index is 12.9. The average molecular weight is 394 g/mol. The van der Waals surface area contributed by atoms with Crippen molar-refractivity contribution in [1.29, 1.82) is 0 Å². The second-order valence-electron chi connectivity index (χ2n) is 5.53. The van der Waals surface area contributed by atoms with Crippen LogP contribution < -0.4 is 4.74 Å². The summed E-state index contributed by atoms with van der Waals surface area (Å²) in [5, 5.41) is 12.7. The Kier molecular flexibility index (Phi) is 4.27. The van der Waals surface area contributed by atoms with Crippen LogP contribution in [0.25, 0.3) is 16.3 Å². The van der Waals surface area contributed by atoms with Crippen molar-refractivity contribution >= 4 is 16.3 Å². The Balaban J connectivity index is 1.60. The lowest BCUT2D eigenvalue weighted by molar-refractivity contribution is -0.137. The first-order valence-corrected chi connectivity index (χ1v) is 8.49. The van der Waals surface area contributed by atoms with E-state index in [-0.39, 0.29) is 23.8 Å². The van der Waals surface area contributed by atoms with Crippen molar-refractivity contribution in [3.05, 3.63) is 64.9 Å². The summed E-state index contributed by atoms with van der Waals surface area (Å²) < 4.78 is 58.6. The van der Waals surface area contributed by atoms with Crippen molar-refractivity contribution in [3.8, 4) is 17.1 Å². The first-order valence-electron chi connectivity index (χ1n) is 7.67. The van der Waals surface area contributed by atoms with Gasteiger partial charge in [-0.1, -0.05) is 23.5 Å². The number of alkyl halides is 3. The molecule has 0 radical (unpaired) electrons. The average Bonchev–Trinajstić information content (AvgIpc) is 3.21. The lowest BCUT2D eigenvalue weighted by Gasteiger charge is -2.07. The number of aromatic nitrogens is 4. The van der Waals surface area contributed by atoms with Gasteiger partial charge in [0.05, 0.1) is 5.56 Å². The summed E-state index contributed by atoms with van der Waals surface area (Å²) in [5.41, 5.74) is -0.513. The fourth-order valence-electron chi connectivity index (χ4n) is 2.41. The van der Waals surface area contributed by atoms with Gasteiger partial charge in [-0.15, -0.1) is 10.2 Å². The summed E-state index contributed by atoms with van der Waals surface area (Å²) in [6.45, 7) is 0.113. The molecule has 0 saturated carbocycles. The van der Waals surface area contributed by atoms with E-state index in [0.717, 1.165) is 12.1 Å². The Morgan fingerprint density at radius 3 is 2.56 bits per heavy atom. The number of hydrogen-bond acceptors (Lipinski definition) is 5. The number of rotatable bonds is 4. The molecule has 4 aromatic rings. The molecule has 0 aliphatic carbocycles. The van der Waals surface area contributed by atoms with Gasteiger partial charge in [0.25, 0.3) is 0 Å². The van der Waals surface area contributed by atoms with Crippen LogP contribution in [0.1, 0.15) is 10.6 Å². The molecule has 0 saturated heterocycles. The van der Waals surface area contributed by atoms with E-state index in [9.17, 15) is 17.6 Å². The summed E-state index contributed by atoms with van der Waals surface area (Å²) in [5.74, 6) is 0.313. The smallest absolute Gasteiger partial charge is 0.416 e. The highest BCUT2D eigenvalue weighted by atomic mass is 32.1. The summed E-state index contributed by atoms with van der Waals surface area (Å²) in [6, 6.07) is 10.4. The van der Waals surface area contributed by atoms with Crippen molar-refractivity contribution in [1.82, 2.24) is 19.8 Å². The molecule has 5 nitrogen and oxygen atoms in total. The zero-order chi connectivity index (χ0) is 19.0. The molecule has 0 aliphatic heterocycles. The van der Waals surface area contributed by atoms with Gasteiger partial charge in [0.1, 0.15) is 18.2 Å². The molecule has 10 heteroatoms. The standard InChI is InChI=1S/C17H10F4N4OS/c18-12-4-6-13(7-5-12)26-9-14-24-25-15(22-23-16(25)27-14)10-2-1-3-11(8-10)17(19,20)21/h1-8H,9H2. The number of halogens is 4. The third kappa shape index (κ3) is 3.61. The van der Waals surface area contributed by atoms with Crippen molar-refractivity contribution in [2.24, 2.45) is 0 Å². The van der Waals surface area contributed by atoms with Crippen LogP contribution in [-0.2, 0) is 12.8 Å². The summed E-state index contributed by atoms with van der Waals surface area (Å²) >= 11 is 1.20. The van der Waals surface area contributed by atoms with Crippen LogP contribution in [-0.4, -0.2) is 19.8 Å². The van der Waals surface area contributed by atoms with Gasteiger partial charge in [-0.2, -0.15) is 22.8 Å². The SMILES string of the molecule is Fc1ccc(OCc2nn3c(-c4cccc(C(F)(F)F)c4)nnc3s2)cc1. The minimum absolute atomic E-state index is 0.113. The van der Waals surface area contributed by atoms with Gasteiger partial charge >= 0.3 is 6.18 Å². The molecule has 0 N–H and O–H groups in total. The van der Waals surface area contributed by atoms with Gasteiger partial charge in [-0.3, -0.25) is 0 Å². The van der Waals surface area contributed by atoms with E-state index in [2.05, 4.69) is 15.3 Å². The van der Waals surface area contributed by atoms with Gasteiger partial charge in [0.2, 0.25) is 4.96 Å². The van der Waals surface area contributed by atoms with Gasteiger partial charge in [0, 0.05) is 5.56 Å². The largest absolute Gasteiger partial charge is 0.486 e. The second-order valence-corrected chi connectivity index (χ2v) is 6.58. The first-order chi connectivity index (χ1) is 12.9. The molecule has 0 aliphatic rings. The molecule has 27 heavy (non-hydrogen) atoms. The number of benzene rings is 2. The van der Waals surface area contributed by atoms with Crippen LogP contribution >= 0.6 is 11.3 Å². The maximum absolute atomic E-state index is 12.9. The molecule has 2 aromatic carbocycles. The molecular weight excluding hydrogens is 384 g/mol. The number of ether oxygens (including phenoxy) is 1. The Labute approximate surface area is 153 Å². The normalized spacial score (nSPS) is 11.9. The Morgan fingerprint density at radius 2 is 1.81 bits per heavy atom. The zero-order valence-electron chi connectivity index (χ0n) is 13.4. The fourth-order valence-corrected chi connectivity index (χ4v) is 3.15. The number of nitrogens with zero attached hydrogens (tertiary/aromatic N) is 4. The number of hydrogen-bond donors (Lipinski definition) is 0. The highest BCUT2D eigenvalue weighted by molar-refractivity contribution is 7.16. The fraction of sp³-hybridized carbons (Fsp3) is 0.118. The van der Waals surface area contributed by atoms with E-state index in [0.29, 0.717) is 15.7 Å². The summed E-state index contributed by atoms with van der Waals surface area (Å²) in [6.07, 6.45) is -4.45. The van der Waals surface area contributed by atoms with E-state index in [1.165, 1.54) is 52.3 Å². The third-order valence-corrected chi connectivity index (χ3v) is 4.53. The van der Waals surface area contributed by atoms with Crippen LogP contribution in [0.5, 0.6) is 5.75 Å². The Morgan fingerprint density at radius 1 is 1.04 bits per heavy atom. The molecule has 0 unspecified atom stereocenters. The second kappa shape index (κ2) is 6.62.